The second-order valence-corrected chi connectivity index (χ2v) is 4.94. The highest BCUT2D eigenvalue weighted by Crippen LogP contribution is 2.32. The molecular formula is C16H21N3O. The van der Waals surface area contributed by atoms with Crippen LogP contribution in [0.2, 0.25) is 0 Å². The van der Waals surface area contributed by atoms with Gasteiger partial charge in [0.05, 0.1) is 18.5 Å². The van der Waals surface area contributed by atoms with Crippen molar-refractivity contribution in [1.82, 2.24) is 0 Å². The molecular weight excluding hydrogens is 250 g/mol. The molecule has 0 amide bonds. The van der Waals surface area contributed by atoms with Crippen molar-refractivity contribution in [3.63, 3.8) is 0 Å². The zero-order valence-electron chi connectivity index (χ0n) is 12.4. The number of hydrogen-bond donors (Lipinski definition) is 2. The van der Waals surface area contributed by atoms with Crippen molar-refractivity contribution >= 4 is 22.7 Å². The Balaban J connectivity index is 2.33. The van der Waals surface area contributed by atoms with E-state index in [0.29, 0.717) is 11.4 Å². The summed E-state index contributed by atoms with van der Waals surface area (Å²) in [5, 5.41) is 3.34. The van der Waals surface area contributed by atoms with E-state index in [0.717, 1.165) is 11.4 Å². The van der Waals surface area contributed by atoms with Crippen molar-refractivity contribution in [2.75, 3.05) is 37.2 Å². The zero-order chi connectivity index (χ0) is 14.7. The Bertz CT molecular complexity index is 609. The molecule has 2 aromatic carbocycles. The Morgan fingerprint density at radius 3 is 2.55 bits per heavy atom. The third-order valence-corrected chi connectivity index (χ3v) is 3.26. The van der Waals surface area contributed by atoms with Crippen molar-refractivity contribution < 1.29 is 4.74 Å². The smallest absolute Gasteiger partial charge is 0.143 e. The van der Waals surface area contributed by atoms with E-state index in [2.05, 4.69) is 29.3 Å². The first-order chi connectivity index (χ1) is 9.52. The van der Waals surface area contributed by atoms with Crippen LogP contribution in [0.5, 0.6) is 5.75 Å². The normalized spacial score (nSPS) is 10.2. The van der Waals surface area contributed by atoms with Crippen LogP contribution in [0.4, 0.5) is 22.7 Å². The lowest BCUT2D eigenvalue weighted by Crippen LogP contribution is -2.10. The van der Waals surface area contributed by atoms with Crippen molar-refractivity contribution in [2.45, 2.75) is 6.92 Å². The number of nitrogens with zero attached hydrogens (tertiary/aromatic N) is 1. The number of nitrogens with one attached hydrogen (secondary N) is 1. The molecule has 4 heteroatoms. The van der Waals surface area contributed by atoms with Crippen LogP contribution < -0.4 is 20.7 Å². The molecule has 2 rings (SSSR count). The molecule has 0 atom stereocenters. The molecule has 0 aliphatic heterocycles. The molecule has 0 saturated heterocycles. The SMILES string of the molecule is COc1cccc(Nc2ccc(C)c(N(C)C)c2)c1N. The molecule has 3 N–H and O–H groups in total. The maximum atomic E-state index is 6.07. The Labute approximate surface area is 120 Å². The number of ether oxygens (including phenoxy) is 1. The largest absolute Gasteiger partial charge is 0.495 e. The second-order valence-electron chi connectivity index (χ2n) is 4.94. The third kappa shape index (κ3) is 2.79. The van der Waals surface area contributed by atoms with Crippen molar-refractivity contribution in [3.8, 4) is 5.75 Å². The summed E-state index contributed by atoms with van der Waals surface area (Å²) in [4.78, 5) is 2.09. The van der Waals surface area contributed by atoms with E-state index in [1.807, 2.05) is 38.4 Å². The summed E-state index contributed by atoms with van der Waals surface area (Å²) >= 11 is 0. The first kappa shape index (κ1) is 14.1. The van der Waals surface area contributed by atoms with Gasteiger partial charge < -0.3 is 20.7 Å². The van der Waals surface area contributed by atoms with Gasteiger partial charge in [0.15, 0.2) is 0 Å². The number of nitrogen functional groups attached to an aromatic ring is 1. The van der Waals surface area contributed by atoms with Gasteiger partial charge in [0.25, 0.3) is 0 Å². The number of rotatable bonds is 4. The minimum Gasteiger partial charge on any atom is -0.495 e. The maximum Gasteiger partial charge on any atom is 0.143 e. The Hall–Kier alpha value is -2.36. The van der Waals surface area contributed by atoms with Gasteiger partial charge >= 0.3 is 0 Å². The average molecular weight is 271 g/mol. The van der Waals surface area contributed by atoms with E-state index in [4.69, 9.17) is 10.5 Å². The number of para-hydroxylation sites is 1. The van der Waals surface area contributed by atoms with Gasteiger partial charge in [-0.3, -0.25) is 0 Å². The fraction of sp³-hybridized carbons (Fsp3) is 0.250. The Kier molecular flexibility index (Phi) is 4.03. The van der Waals surface area contributed by atoms with Crippen LogP contribution in [0, 0.1) is 6.92 Å². The summed E-state index contributed by atoms with van der Waals surface area (Å²) in [5.74, 6) is 0.676. The van der Waals surface area contributed by atoms with Gasteiger partial charge in [-0.05, 0) is 36.8 Å². The predicted octanol–water partition coefficient (Wildman–Crippen LogP) is 3.40. The molecule has 0 aromatic heterocycles. The van der Waals surface area contributed by atoms with Crippen molar-refractivity contribution in [3.05, 3.63) is 42.0 Å². The molecule has 2 aromatic rings. The van der Waals surface area contributed by atoms with Crippen LogP contribution in [0.25, 0.3) is 0 Å². The van der Waals surface area contributed by atoms with E-state index >= 15 is 0 Å². The summed E-state index contributed by atoms with van der Waals surface area (Å²) in [6.07, 6.45) is 0. The van der Waals surface area contributed by atoms with E-state index < -0.39 is 0 Å². The van der Waals surface area contributed by atoms with Crippen LogP contribution in [-0.2, 0) is 0 Å². The fourth-order valence-corrected chi connectivity index (χ4v) is 2.16. The number of anilines is 4. The monoisotopic (exact) mass is 271 g/mol. The van der Waals surface area contributed by atoms with Crippen LogP contribution in [0.15, 0.2) is 36.4 Å². The summed E-state index contributed by atoms with van der Waals surface area (Å²) in [5.41, 5.74) is 10.9. The van der Waals surface area contributed by atoms with Gasteiger partial charge in [0, 0.05) is 25.5 Å². The number of hydrogen-bond acceptors (Lipinski definition) is 4. The van der Waals surface area contributed by atoms with Gasteiger partial charge in [-0.2, -0.15) is 0 Å². The Morgan fingerprint density at radius 2 is 1.90 bits per heavy atom. The molecule has 0 aliphatic carbocycles. The second kappa shape index (κ2) is 5.74. The Morgan fingerprint density at radius 1 is 1.15 bits per heavy atom. The number of nitrogens with two attached hydrogens (primary N) is 1. The molecule has 0 fully saturated rings. The highest BCUT2D eigenvalue weighted by molar-refractivity contribution is 5.78. The molecule has 106 valence electrons. The molecule has 0 saturated carbocycles. The zero-order valence-corrected chi connectivity index (χ0v) is 12.4. The van der Waals surface area contributed by atoms with Gasteiger partial charge in [0.1, 0.15) is 5.75 Å². The first-order valence-electron chi connectivity index (χ1n) is 6.50. The summed E-state index contributed by atoms with van der Waals surface area (Å²) in [7, 11) is 5.68. The quantitative estimate of drug-likeness (QED) is 0.837. The van der Waals surface area contributed by atoms with Crippen LogP contribution >= 0.6 is 0 Å². The maximum absolute atomic E-state index is 6.07. The van der Waals surface area contributed by atoms with E-state index in [-0.39, 0.29) is 0 Å². The standard InChI is InChI=1S/C16H21N3O/c1-11-8-9-12(10-14(11)19(2)3)18-13-6-5-7-15(20-4)16(13)17/h5-10,18H,17H2,1-4H3. The summed E-state index contributed by atoms with van der Waals surface area (Å²) in [6.45, 7) is 2.10. The van der Waals surface area contributed by atoms with Crippen molar-refractivity contribution in [2.24, 2.45) is 0 Å². The molecule has 0 heterocycles. The lowest BCUT2D eigenvalue weighted by molar-refractivity contribution is 0.417. The molecule has 0 unspecified atom stereocenters. The van der Waals surface area contributed by atoms with E-state index in [1.165, 1.54) is 11.3 Å². The highest BCUT2D eigenvalue weighted by atomic mass is 16.5. The van der Waals surface area contributed by atoms with Gasteiger partial charge in [-0.15, -0.1) is 0 Å². The molecule has 0 aliphatic rings. The summed E-state index contributed by atoms with van der Waals surface area (Å²) < 4.78 is 5.23. The van der Waals surface area contributed by atoms with E-state index in [9.17, 15) is 0 Å². The number of benzene rings is 2. The molecule has 0 bridgehead atoms. The third-order valence-electron chi connectivity index (χ3n) is 3.26. The molecule has 20 heavy (non-hydrogen) atoms. The molecule has 4 nitrogen and oxygen atoms in total. The van der Waals surface area contributed by atoms with Gasteiger partial charge in [-0.1, -0.05) is 12.1 Å². The summed E-state index contributed by atoms with van der Waals surface area (Å²) in [6, 6.07) is 11.9. The minimum atomic E-state index is 0.613. The lowest BCUT2D eigenvalue weighted by atomic mass is 10.1. The highest BCUT2D eigenvalue weighted by Gasteiger charge is 2.07. The minimum absolute atomic E-state index is 0.613. The number of methoxy groups -OCH3 is 1. The van der Waals surface area contributed by atoms with Gasteiger partial charge in [0.2, 0.25) is 0 Å². The first-order valence-corrected chi connectivity index (χ1v) is 6.50. The fourth-order valence-electron chi connectivity index (χ4n) is 2.16. The van der Waals surface area contributed by atoms with Crippen LogP contribution in [0.1, 0.15) is 5.56 Å². The van der Waals surface area contributed by atoms with Crippen LogP contribution in [0.3, 0.4) is 0 Å². The number of aryl methyl sites for hydroxylation is 1. The predicted molar refractivity (Wildman–Crippen MR) is 86.2 cm³/mol. The lowest BCUT2D eigenvalue weighted by Gasteiger charge is -2.18. The van der Waals surface area contributed by atoms with Crippen LogP contribution in [-0.4, -0.2) is 21.2 Å². The molecule has 0 radical (unpaired) electrons. The molecule has 0 spiro atoms. The average Bonchev–Trinajstić information content (AvgIpc) is 2.43. The van der Waals surface area contributed by atoms with Crippen molar-refractivity contribution in [1.29, 1.82) is 0 Å². The topological polar surface area (TPSA) is 50.5 Å². The van der Waals surface area contributed by atoms with E-state index in [1.54, 1.807) is 7.11 Å². The van der Waals surface area contributed by atoms with Gasteiger partial charge in [-0.25, -0.2) is 0 Å².